The van der Waals surface area contributed by atoms with E-state index in [0.29, 0.717) is 6.42 Å². The lowest BCUT2D eigenvalue weighted by Gasteiger charge is -2.09. The number of alkyl halides is 1. The first-order valence-corrected chi connectivity index (χ1v) is 7.08. The summed E-state index contributed by atoms with van der Waals surface area (Å²) in [7, 11) is 0. The Kier molecular flexibility index (Phi) is 5.56. The van der Waals surface area contributed by atoms with Crippen LogP contribution in [0, 0.1) is 0 Å². The smallest absolute Gasteiger partial charge is 0.224 e. The normalized spacial score (nSPS) is 11.8. The fourth-order valence-corrected chi connectivity index (χ4v) is 2.23. The van der Waals surface area contributed by atoms with E-state index >= 15 is 0 Å². The molecule has 20 heavy (non-hydrogen) atoms. The fraction of sp³-hybridized carbons (Fsp3) is 0.250. The first kappa shape index (κ1) is 14.5. The molecule has 1 heterocycles. The molecule has 1 atom stereocenters. The molecule has 3 nitrogen and oxygen atoms in total. The molecule has 0 spiro atoms. The number of benzene rings is 1. The van der Waals surface area contributed by atoms with Gasteiger partial charge in [-0.25, -0.2) is 0 Å². The molecule has 104 valence electrons. The van der Waals surface area contributed by atoms with Crippen LogP contribution in [-0.2, 0) is 4.79 Å². The number of aromatic nitrogens is 1. The van der Waals surface area contributed by atoms with Gasteiger partial charge in [-0.2, -0.15) is 0 Å². The highest BCUT2D eigenvalue weighted by Gasteiger charge is 2.09. The van der Waals surface area contributed by atoms with E-state index in [9.17, 15) is 4.79 Å². The van der Waals surface area contributed by atoms with Crippen LogP contribution in [0.1, 0.15) is 30.2 Å². The Bertz CT molecular complexity index is 531. The number of hydrogen-bond acceptors (Lipinski definition) is 2. The molecule has 0 fully saturated rings. The van der Waals surface area contributed by atoms with E-state index in [0.717, 1.165) is 24.1 Å². The Balaban J connectivity index is 1.72. The zero-order chi connectivity index (χ0) is 14.2. The molecule has 2 rings (SSSR count). The quantitative estimate of drug-likeness (QED) is 0.811. The molecule has 1 amide bonds. The molecule has 0 bridgehead atoms. The molecule has 1 N–H and O–H groups in total. The summed E-state index contributed by atoms with van der Waals surface area (Å²) in [5.74, 6) is -0.00470. The number of amides is 1. The van der Waals surface area contributed by atoms with Crippen molar-refractivity contribution in [1.82, 2.24) is 4.98 Å². The van der Waals surface area contributed by atoms with Crippen molar-refractivity contribution in [3.8, 4) is 0 Å². The molecule has 0 radical (unpaired) electrons. The summed E-state index contributed by atoms with van der Waals surface area (Å²) >= 11 is 6.31. The average Bonchev–Trinajstić information content (AvgIpc) is 2.49. The van der Waals surface area contributed by atoms with Gasteiger partial charge in [0.1, 0.15) is 0 Å². The number of nitrogens with one attached hydrogen (secondary N) is 1. The number of pyridine rings is 1. The number of carbonyl (C=O) groups is 1. The second-order valence-electron chi connectivity index (χ2n) is 4.56. The molecule has 1 unspecified atom stereocenters. The predicted octanol–water partition coefficient (Wildman–Crippen LogP) is 4.17. The van der Waals surface area contributed by atoms with Gasteiger partial charge in [-0.15, -0.1) is 11.6 Å². The van der Waals surface area contributed by atoms with E-state index < -0.39 is 0 Å². The monoisotopic (exact) mass is 288 g/mol. The largest absolute Gasteiger partial charge is 0.325 e. The van der Waals surface area contributed by atoms with E-state index in [2.05, 4.69) is 10.3 Å². The SMILES string of the molecule is O=C(CCCC(Cl)c1ccccc1)Nc1cccnc1. The van der Waals surface area contributed by atoms with Crippen molar-refractivity contribution >= 4 is 23.2 Å². The van der Waals surface area contributed by atoms with Crippen LogP contribution in [0.15, 0.2) is 54.9 Å². The van der Waals surface area contributed by atoms with E-state index in [-0.39, 0.29) is 11.3 Å². The molecule has 2 aromatic rings. The van der Waals surface area contributed by atoms with Crippen molar-refractivity contribution in [3.63, 3.8) is 0 Å². The van der Waals surface area contributed by atoms with Crippen LogP contribution >= 0.6 is 11.6 Å². The topological polar surface area (TPSA) is 42.0 Å². The van der Waals surface area contributed by atoms with E-state index in [1.165, 1.54) is 0 Å². The van der Waals surface area contributed by atoms with Gasteiger partial charge in [0.2, 0.25) is 5.91 Å². The van der Waals surface area contributed by atoms with Crippen LogP contribution in [0.25, 0.3) is 0 Å². The second-order valence-corrected chi connectivity index (χ2v) is 5.09. The van der Waals surface area contributed by atoms with Crippen molar-refractivity contribution in [2.45, 2.75) is 24.6 Å². The van der Waals surface area contributed by atoms with Gasteiger partial charge >= 0.3 is 0 Å². The maximum atomic E-state index is 11.7. The van der Waals surface area contributed by atoms with Gasteiger partial charge in [-0.3, -0.25) is 9.78 Å². The summed E-state index contributed by atoms with van der Waals surface area (Å²) in [5, 5.41) is 2.77. The zero-order valence-electron chi connectivity index (χ0n) is 11.1. The van der Waals surface area contributed by atoms with Gasteiger partial charge in [-0.1, -0.05) is 30.3 Å². The van der Waals surface area contributed by atoms with Crippen molar-refractivity contribution in [2.75, 3.05) is 5.32 Å². The summed E-state index contributed by atoms with van der Waals surface area (Å²) in [6.45, 7) is 0. The third kappa shape index (κ3) is 4.67. The zero-order valence-corrected chi connectivity index (χ0v) is 11.9. The Morgan fingerprint density at radius 3 is 2.70 bits per heavy atom. The molecular weight excluding hydrogens is 272 g/mol. The summed E-state index contributed by atoms with van der Waals surface area (Å²) < 4.78 is 0. The van der Waals surface area contributed by atoms with Crippen LogP contribution in [0.5, 0.6) is 0 Å². The number of halogens is 1. The van der Waals surface area contributed by atoms with Crippen molar-refractivity contribution in [2.24, 2.45) is 0 Å². The maximum absolute atomic E-state index is 11.7. The van der Waals surface area contributed by atoms with Gasteiger partial charge < -0.3 is 5.32 Å². The molecule has 0 aliphatic rings. The first-order chi connectivity index (χ1) is 9.75. The molecule has 0 aliphatic carbocycles. The lowest BCUT2D eigenvalue weighted by molar-refractivity contribution is -0.116. The van der Waals surface area contributed by atoms with Gasteiger partial charge in [0.15, 0.2) is 0 Å². The molecule has 4 heteroatoms. The summed E-state index contributed by atoms with van der Waals surface area (Å²) in [4.78, 5) is 15.7. The maximum Gasteiger partial charge on any atom is 0.224 e. The molecule has 0 aliphatic heterocycles. The van der Waals surface area contributed by atoms with Gasteiger partial charge in [-0.05, 0) is 30.5 Å². The number of hydrogen-bond donors (Lipinski definition) is 1. The molecule has 0 saturated heterocycles. The van der Waals surface area contributed by atoms with E-state index in [4.69, 9.17) is 11.6 Å². The third-order valence-corrected chi connectivity index (χ3v) is 3.44. The van der Waals surface area contributed by atoms with Crippen molar-refractivity contribution in [3.05, 3.63) is 60.4 Å². The number of carbonyl (C=O) groups excluding carboxylic acids is 1. The number of rotatable bonds is 6. The van der Waals surface area contributed by atoms with E-state index in [1.54, 1.807) is 18.5 Å². The van der Waals surface area contributed by atoms with Crippen LogP contribution in [-0.4, -0.2) is 10.9 Å². The van der Waals surface area contributed by atoms with Gasteiger partial charge in [0, 0.05) is 12.6 Å². The lowest BCUT2D eigenvalue weighted by Crippen LogP contribution is -2.11. The Labute approximate surface area is 124 Å². The summed E-state index contributed by atoms with van der Waals surface area (Å²) in [6, 6.07) is 13.5. The van der Waals surface area contributed by atoms with Crippen LogP contribution in [0.4, 0.5) is 5.69 Å². The van der Waals surface area contributed by atoms with E-state index in [1.807, 2.05) is 36.4 Å². The Hall–Kier alpha value is -1.87. The van der Waals surface area contributed by atoms with Crippen LogP contribution in [0.3, 0.4) is 0 Å². The average molecular weight is 289 g/mol. The Morgan fingerprint density at radius 1 is 1.20 bits per heavy atom. The van der Waals surface area contributed by atoms with Crippen molar-refractivity contribution in [1.29, 1.82) is 0 Å². The molecule has 1 aromatic carbocycles. The highest BCUT2D eigenvalue weighted by Crippen LogP contribution is 2.25. The summed E-state index contributed by atoms with van der Waals surface area (Å²) in [6.07, 6.45) is 5.31. The van der Waals surface area contributed by atoms with Crippen LogP contribution in [0.2, 0.25) is 0 Å². The molecular formula is C16H17ClN2O. The third-order valence-electron chi connectivity index (χ3n) is 2.97. The van der Waals surface area contributed by atoms with Crippen molar-refractivity contribution < 1.29 is 4.79 Å². The standard InChI is InChI=1S/C16H17ClN2O/c17-15(13-6-2-1-3-7-13)9-4-10-16(20)19-14-8-5-11-18-12-14/h1-3,5-8,11-12,15H,4,9-10H2,(H,19,20). The Morgan fingerprint density at radius 2 is 2.00 bits per heavy atom. The predicted molar refractivity (Wildman–Crippen MR) is 81.8 cm³/mol. The molecule has 1 aromatic heterocycles. The first-order valence-electron chi connectivity index (χ1n) is 6.64. The van der Waals surface area contributed by atoms with Gasteiger partial charge in [0.25, 0.3) is 0 Å². The number of anilines is 1. The fourth-order valence-electron chi connectivity index (χ4n) is 1.93. The number of nitrogens with zero attached hydrogens (tertiary/aromatic N) is 1. The minimum atomic E-state index is -0.0395. The minimum absolute atomic E-state index is 0.00470. The lowest BCUT2D eigenvalue weighted by atomic mass is 10.1. The highest BCUT2D eigenvalue weighted by atomic mass is 35.5. The summed E-state index contributed by atoms with van der Waals surface area (Å²) in [5.41, 5.74) is 1.82. The van der Waals surface area contributed by atoms with Crippen LogP contribution < -0.4 is 5.32 Å². The van der Waals surface area contributed by atoms with Gasteiger partial charge in [0.05, 0.1) is 17.3 Å². The minimum Gasteiger partial charge on any atom is -0.325 e. The molecule has 0 saturated carbocycles. The second kappa shape index (κ2) is 7.65. The highest BCUT2D eigenvalue weighted by molar-refractivity contribution is 6.20.